The van der Waals surface area contributed by atoms with Crippen LogP contribution in [0.4, 0.5) is 5.13 Å². The second-order valence-corrected chi connectivity index (χ2v) is 8.51. The summed E-state index contributed by atoms with van der Waals surface area (Å²) in [6, 6.07) is 8.39. The molecule has 0 saturated heterocycles. The Morgan fingerprint density at radius 2 is 2.04 bits per heavy atom. The van der Waals surface area contributed by atoms with Gasteiger partial charge in [-0.1, -0.05) is 45.4 Å². The maximum absolute atomic E-state index is 12.9. The van der Waals surface area contributed by atoms with Gasteiger partial charge in [0.25, 0.3) is 5.91 Å². The molecule has 27 heavy (non-hydrogen) atoms. The third kappa shape index (κ3) is 4.75. The lowest BCUT2D eigenvalue weighted by Crippen LogP contribution is -2.47. The predicted octanol–water partition coefficient (Wildman–Crippen LogP) is 4.05. The van der Waals surface area contributed by atoms with E-state index in [1.807, 2.05) is 32.0 Å². The highest BCUT2D eigenvalue weighted by Crippen LogP contribution is 2.32. The third-order valence-electron chi connectivity index (χ3n) is 5.23. The Labute approximate surface area is 164 Å². The van der Waals surface area contributed by atoms with E-state index in [9.17, 15) is 9.59 Å². The van der Waals surface area contributed by atoms with Gasteiger partial charge in [0, 0.05) is 10.4 Å². The fourth-order valence-corrected chi connectivity index (χ4v) is 4.47. The largest absolute Gasteiger partial charge is 0.340 e. The summed E-state index contributed by atoms with van der Waals surface area (Å²) in [6.07, 6.45) is 3.94. The van der Waals surface area contributed by atoms with Crippen LogP contribution in [0.25, 0.3) is 0 Å². The first-order valence-electron chi connectivity index (χ1n) is 9.63. The standard InChI is InChI=1S/C21H27N3O2S/c1-4-14(3)18(23-19(25)15-8-6-5-7-9-15)20(26)24-21-22-16-11-10-13(2)12-17(16)27-21/h5-9,13-14,18H,4,10-12H2,1-3H3,(H,23,25)(H,22,24,26)/t13-,14-,18-/m0/s1. The maximum atomic E-state index is 12.9. The molecule has 0 bridgehead atoms. The van der Waals surface area contributed by atoms with Gasteiger partial charge in [-0.2, -0.15) is 0 Å². The zero-order valence-corrected chi connectivity index (χ0v) is 16.9. The zero-order valence-electron chi connectivity index (χ0n) is 16.1. The summed E-state index contributed by atoms with van der Waals surface area (Å²) in [7, 11) is 0. The minimum absolute atomic E-state index is 0.0206. The lowest BCUT2D eigenvalue weighted by molar-refractivity contribution is -0.119. The van der Waals surface area contributed by atoms with Crippen molar-refractivity contribution in [1.82, 2.24) is 10.3 Å². The number of rotatable bonds is 6. The molecule has 0 radical (unpaired) electrons. The van der Waals surface area contributed by atoms with Gasteiger partial charge in [-0.15, -0.1) is 11.3 Å². The van der Waals surface area contributed by atoms with Crippen molar-refractivity contribution in [3.05, 3.63) is 46.5 Å². The van der Waals surface area contributed by atoms with Crippen molar-refractivity contribution in [3.63, 3.8) is 0 Å². The van der Waals surface area contributed by atoms with Crippen molar-refractivity contribution in [1.29, 1.82) is 0 Å². The van der Waals surface area contributed by atoms with Gasteiger partial charge < -0.3 is 10.6 Å². The molecule has 6 heteroatoms. The average molecular weight is 386 g/mol. The summed E-state index contributed by atoms with van der Waals surface area (Å²) < 4.78 is 0. The summed E-state index contributed by atoms with van der Waals surface area (Å²) in [4.78, 5) is 31.3. The molecular formula is C21H27N3O2S. The van der Waals surface area contributed by atoms with Crippen LogP contribution in [0, 0.1) is 11.8 Å². The summed E-state index contributed by atoms with van der Waals surface area (Å²) >= 11 is 1.56. The summed E-state index contributed by atoms with van der Waals surface area (Å²) in [5.74, 6) is 0.253. The first-order chi connectivity index (χ1) is 13.0. The van der Waals surface area contributed by atoms with Gasteiger partial charge in [0.05, 0.1) is 5.69 Å². The molecule has 3 atom stereocenters. The molecule has 1 aromatic carbocycles. The molecule has 2 aromatic rings. The Morgan fingerprint density at radius 1 is 1.30 bits per heavy atom. The number of carbonyl (C=O) groups excluding carboxylic acids is 2. The number of hydrogen-bond acceptors (Lipinski definition) is 4. The van der Waals surface area contributed by atoms with Crippen LogP contribution in [0.15, 0.2) is 30.3 Å². The van der Waals surface area contributed by atoms with Crippen molar-refractivity contribution in [2.45, 2.75) is 52.5 Å². The quantitative estimate of drug-likeness (QED) is 0.788. The highest BCUT2D eigenvalue weighted by molar-refractivity contribution is 7.15. The maximum Gasteiger partial charge on any atom is 0.251 e. The number of aryl methyl sites for hydroxylation is 1. The van der Waals surface area contributed by atoms with Crippen molar-refractivity contribution in [2.24, 2.45) is 11.8 Å². The van der Waals surface area contributed by atoms with Crippen molar-refractivity contribution >= 4 is 28.3 Å². The average Bonchev–Trinajstić information content (AvgIpc) is 3.07. The SMILES string of the molecule is CC[C@H](C)[C@H](NC(=O)c1ccccc1)C(=O)Nc1nc2c(s1)C[C@@H](C)CC2. The smallest absolute Gasteiger partial charge is 0.251 e. The number of hydrogen-bond donors (Lipinski definition) is 2. The van der Waals surface area contributed by atoms with Crippen LogP contribution in [-0.4, -0.2) is 22.8 Å². The molecule has 0 fully saturated rings. The summed E-state index contributed by atoms with van der Waals surface area (Å²) in [5.41, 5.74) is 1.67. The van der Waals surface area contributed by atoms with E-state index in [1.165, 1.54) is 4.88 Å². The number of carbonyl (C=O) groups is 2. The molecule has 2 amide bonds. The van der Waals surface area contributed by atoms with Gasteiger partial charge in [0.2, 0.25) is 5.91 Å². The van der Waals surface area contributed by atoms with E-state index in [0.717, 1.165) is 31.4 Å². The molecule has 0 aliphatic heterocycles. The number of nitrogens with one attached hydrogen (secondary N) is 2. The van der Waals surface area contributed by atoms with Gasteiger partial charge in [-0.25, -0.2) is 4.98 Å². The highest BCUT2D eigenvalue weighted by Gasteiger charge is 2.28. The van der Waals surface area contributed by atoms with Crippen LogP contribution < -0.4 is 10.6 Å². The van der Waals surface area contributed by atoms with Crippen LogP contribution in [0.1, 0.15) is 54.5 Å². The third-order valence-corrected chi connectivity index (χ3v) is 6.27. The number of aromatic nitrogens is 1. The zero-order chi connectivity index (χ0) is 19.4. The van der Waals surface area contributed by atoms with E-state index in [2.05, 4.69) is 22.5 Å². The number of thiazole rings is 1. The van der Waals surface area contributed by atoms with E-state index in [0.29, 0.717) is 16.6 Å². The molecule has 2 N–H and O–H groups in total. The van der Waals surface area contributed by atoms with Crippen molar-refractivity contribution in [2.75, 3.05) is 5.32 Å². The molecule has 0 saturated carbocycles. The molecular weight excluding hydrogens is 358 g/mol. The van der Waals surface area contributed by atoms with Crippen LogP contribution in [-0.2, 0) is 17.6 Å². The van der Waals surface area contributed by atoms with E-state index < -0.39 is 6.04 Å². The molecule has 1 aliphatic carbocycles. The topological polar surface area (TPSA) is 71.1 Å². The number of fused-ring (bicyclic) bond motifs is 1. The molecule has 5 nitrogen and oxygen atoms in total. The Balaban J connectivity index is 1.71. The normalized spacial score (nSPS) is 18.3. The van der Waals surface area contributed by atoms with E-state index in [1.54, 1.807) is 23.5 Å². The second kappa shape index (κ2) is 8.65. The minimum Gasteiger partial charge on any atom is -0.340 e. The monoisotopic (exact) mass is 385 g/mol. The van der Waals surface area contributed by atoms with Crippen LogP contribution in [0.3, 0.4) is 0 Å². The first kappa shape index (κ1) is 19.5. The molecule has 0 unspecified atom stereocenters. The van der Waals surface area contributed by atoms with E-state index >= 15 is 0 Å². The number of benzene rings is 1. The van der Waals surface area contributed by atoms with Crippen molar-refractivity contribution < 1.29 is 9.59 Å². The van der Waals surface area contributed by atoms with Crippen LogP contribution in [0.5, 0.6) is 0 Å². The molecule has 144 valence electrons. The Morgan fingerprint density at radius 3 is 2.74 bits per heavy atom. The Bertz CT molecular complexity index is 803. The van der Waals surface area contributed by atoms with E-state index in [-0.39, 0.29) is 17.7 Å². The first-order valence-corrected chi connectivity index (χ1v) is 10.4. The lowest BCUT2D eigenvalue weighted by atomic mass is 9.93. The fraction of sp³-hybridized carbons (Fsp3) is 0.476. The van der Waals surface area contributed by atoms with Crippen LogP contribution >= 0.6 is 11.3 Å². The van der Waals surface area contributed by atoms with Crippen molar-refractivity contribution in [3.8, 4) is 0 Å². The molecule has 3 rings (SSSR count). The summed E-state index contributed by atoms with van der Waals surface area (Å²) in [6.45, 7) is 6.24. The second-order valence-electron chi connectivity index (χ2n) is 7.43. The van der Waals surface area contributed by atoms with Gasteiger partial charge >= 0.3 is 0 Å². The van der Waals surface area contributed by atoms with Gasteiger partial charge in [-0.05, 0) is 43.2 Å². The fourth-order valence-electron chi connectivity index (χ4n) is 3.29. The van der Waals surface area contributed by atoms with Gasteiger partial charge in [-0.3, -0.25) is 9.59 Å². The Kier molecular flexibility index (Phi) is 6.26. The van der Waals surface area contributed by atoms with Gasteiger partial charge in [0.15, 0.2) is 5.13 Å². The predicted molar refractivity (Wildman–Crippen MR) is 109 cm³/mol. The number of nitrogens with zero attached hydrogens (tertiary/aromatic N) is 1. The molecule has 1 heterocycles. The highest BCUT2D eigenvalue weighted by atomic mass is 32.1. The molecule has 0 spiro atoms. The van der Waals surface area contributed by atoms with Gasteiger partial charge in [0.1, 0.15) is 6.04 Å². The minimum atomic E-state index is -0.595. The lowest BCUT2D eigenvalue weighted by Gasteiger charge is -2.23. The summed E-state index contributed by atoms with van der Waals surface area (Å²) in [5, 5.41) is 6.48. The number of anilines is 1. The van der Waals surface area contributed by atoms with Crippen LogP contribution in [0.2, 0.25) is 0 Å². The Hall–Kier alpha value is -2.21. The number of amides is 2. The molecule has 1 aliphatic rings. The van der Waals surface area contributed by atoms with E-state index in [4.69, 9.17) is 0 Å². The molecule has 1 aromatic heterocycles.